The summed E-state index contributed by atoms with van der Waals surface area (Å²) in [5.74, 6) is 3.59. The summed E-state index contributed by atoms with van der Waals surface area (Å²) in [6, 6.07) is 1.77. The predicted octanol–water partition coefficient (Wildman–Crippen LogP) is 3.36. The molecule has 1 heterocycles. The number of ether oxygens (including phenoxy) is 1. The van der Waals surface area contributed by atoms with E-state index < -0.39 is 29.4 Å². The van der Waals surface area contributed by atoms with Crippen LogP contribution in [0.4, 0.5) is 5.69 Å². The van der Waals surface area contributed by atoms with Crippen LogP contribution in [0.1, 0.15) is 79.6 Å². The highest BCUT2D eigenvalue weighted by Crippen LogP contribution is 2.61. The molecule has 0 radical (unpaired) electrons. The van der Waals surface area contributed by atoms with E-state index in [9.17, 15) is 24.0 Å². The molecule has 1 aromatic rings. The van der Waals surface area contributed by atoms with Crippen LogP contribution in [0.5, 0.6) is 0 Å². The second-order valence-electron chi connectivity index (χ2n) is 14.8. The molecular weight excluding hydrogens is 671 g/mol. The number of amides is 2. The molecule has 1 atom stereocenters. The average molecular weight is 732 g/mol. The van der Waals surface area contributed by atoms with E-state index in [-0.39, 0.29) is 30.8 Å². The maximum absolute atomic E-state index is 12.8. The Balaban J connectivity index is 0.00000104. The molecule has 0 spiro atoms. The summed E-state index contributed by atoms with van der Waals surface area (Å²) in [5, 5.41) is 9.61. The van der Waals surface area contributed by atoms with E-state index in [1.807, 2.05) is 0 Å². The van der Waals surface area contributed by atoms with E-state index in [4.69, 9.17) is 11.6 Å². The summed E-state index contributed by atoms with van der Waals surface area (Å²) in [6.45, 7) is 12.2. The first-order valence-electron chi connectivity index (χ1n) is 16.7. The van der Waals surface area contributed by atoms with Gasteiger partial charge in [-0.3, -0.25) is 14.4 Å². The van der Waals surface area contributed by atoms with Crippen molar-refractivity contribution in [2.75, 3.05) is 32.8 Å². The first-order chi connectivity index (χ1) is 23.8. The van der Waals surface area contributed by atoms with E-state index >= 15 is 0 Å². The molecule has 2 bridgehead atoms. The third-order valence-corrected chi connectivity index (χ3v) is 8.76. The second kappa shape index (κ2) is 21.3. The number of fused-ring (bicyclic) bond motifs is 2. The smallest absolute Gasteiger partial charge is 0.330 e. The minimum atomic E-state index is -1.09. The van der Waals surface area contributed by atoms with E-state index in [0.29, 0.717) is 28.1 Å². The fourth-order valence-electron chi connectivity index (χ4n) is 8.17. The number of likely N-dealkylation sites (N-methyl/N-ethyl adjacent to an activating group) is 1. The number of thiol groups is 1. The van der Waals surface area contributed by atoms with E-state index in [1.54, 1.807) is 6.26 Å². The van der Waals surface area contributed by atoms with Crippen molar-refractivity contribution in [3.63, 3.8) is 0 Å². The van der Waals surface area contributed by atoms with Gasteiger partial charge >= 0.3 is 5.97 Å². The number of nitrogens with two attached hydrogens (primary N) is 2. The zero-order valence-corrected chi connectivity index (χ0v) is 32.8. The molecule has 1 unspecified atom stereocenters. The number of pyridine rings is 1. The quantitative estimate of drug-likeness (QED) is 0.0354. The number of aromatic nitrogens is 1. The number of hydrazine groups is 1. The molecule has 51 heavy (non-hydrogen) atoms. The van der Waals surface area contributed by atoms with Crippen molar-refractivity contribution in [3.05, 3.63) is 52.7 Å². The lowest BCUT2D eigenvalue weighted by molar-refractivity contribution is -0.134. The average Bonchev–Trinajstić information content (AvgIpc) is 3.04. The summed E-state index contributed by atoms with van der Waals surface area (Å²) in [4.78, 5) is 59.4. The van der Waals surface area contributed by atoms with Crippen molar-refractivity contribution in [2.24, 2.45) is 27.8 Å². The number of allylic oxidation sites excluding steroid dienone is 1. The van der Waals surface area contributed by atoms with Gasteiger partial charge in [0.15, 0.2) is 0 Å². The lowest BCUT2D eigenvalue weighted by Crippen LogP contribution is -2.60. The molecule has 2 fully saturated rings. The molecule has 14 heteroatoms. The summed E-state index contributed by atoms with van der Waals surface area (Å²) < 4.78 is 5.61. The predicted molar refractivity (Wildman–Crippen MR) is 207 cm³/mol. The zero-order chi connectivity index (χ0) is 39.6. The van der Waals surface area contributed by atoms with Crippen LogP contribution in [0.2, 0.25) is 0 Å². The number of rotatable bonds is 12. The fourth-order valence-corrected chi connectivity index (χ4v) is 8.17. The van der Waals surface area contributed by atoms with Crippen LogP contribution in [-0.4, -0.2) is 72.7 Å². The summed E-state index contributed by atoms with van der Waals surface area (Å²) in [5.41, 5.74) is 6.63. The van der Waals surface area contributed by atoms with E-state index in [2.05, 4.69) is 87.8 Å². The number of methoxy groups -OCH3 is 1. The van der Waals surface area contributed by atoms with Crippen molar-refractivity contribution >= 4 is 42.4 Å². The Bertz CT molecular complexity index is 1420. The number of terminal acetylenes is 1. The first kappa shape index (κ1) is 46.9. The van der Waals surface area contributed by atoms with Crippen LogP contribution in [0.15, 0.2) is 47.2 Å². The molecule has 7 N–H and O–H groups in total. The lowest BCUT2D eigenvalue weighted by Gasteiger charge is -2.61. The molecule has 3 rings (SSSR count). The summed E-state index contributed by atoms with van der Waals surface area (Å²) in [6.07, 6.45) is 22.5. The molecule has 2 aliphatic carbocycles. The minimum absolute atomic E-state index is 0.0655. The van der Waals surface area contributed by atoms with Gasteiger partial charge in [-0.15, -0.1) is 12.8 Å². The van der Waals surface area contributed by atoms with E-state index in [0.717, 1.165) is 15.8 Å². The van der Waals surface area contributed by atoms with E-state index in [1.165, 1.54) is 76.7 Å². The van der Waals surface area contributed by atoms with Gasteiger partial charge in [0.05, 0.1) is 13.7 Å². The molecule has 0 saturated heterocycles. The van der Waals surface area contributed by atoms with Gasteiger partial charge in [-0.2, -0.15) is 12.6 Å². The van der Waals surface area contributed by atoms with Gasteiger partial charge < -0.3 is 40.8 Å². The molecule has 0 aromatic carbocycles. The van der Waals surface area contributed by atoms with Crippen molar-refractivity contribution in [1.29, 1.82) is 0 Å². The van der Waals surface area contributed by atoms with Gasteiger partial charge in [0, 0.05) is 31.1 Å². The SMILES string of the molecule is C#C.CNC12CC(C)(C)CC(C)(CC(C)(C)C1)C2.COC(=O)/C=C/CCC(NC(=O)/C(=C/N)N(C)N)C(=O)Nc1cccn(CC=O)c1=O.CS. The van der Waals surface area contributed by atoms with Crippen LogP contribution >= 0.6 is 12.6 Å². The van der Waals surface area contributed by atoms with Crippen LogP contribution in [-0.2, 0) is 30.5 Å². The molecule has 2 aliphatic rings. The van der Waals surface area contributed by atoms with Gasteiger partial charge in [0.25, 0.3) is 11.5 Å². The second-order valence-corrected chi connectivity index (χ2v) is 14.8. The van der Waals surface area contributed by atoms with Crippen molar-refractivity contribution in [1.82, 2.24) is 20.2 Å². The normalized spacial score (nSPS) is 21.8. The van der Waals surface area contributed by atoms with Gasteiger partial charge in [-0.1, -0.05) is 40.7 Å². The highest BCUT2D eigenvalue weighted by molar-refractivity contribution is 7.79. The number of hydrogen-bond acceptors (Lipinski definition) is 11. The third kappa shape index (κ3) is 15.0. The number of nitrogens with one attached hydrogen (secondary N) is 3. The van der Waals surface area contributed by atoms with Crippen LogP contribution < -0.4 is 33.1 Å². The number of carbonyl (C=O) groups excluding carboxylic acids is 4. The number of nitrogens with zero attached hydrogens (tertiary/aromatic N) is 2. The maximum atomic E-state index is 12.8. The lowest BCUT2D eigenvalue weighted by atomic mass is 9.47. The van der Waals surface area contributed by atoms with Crippen LogP contribution in [0.3, 0.4) is 0 Å². The van der Waals surface area contributed by atoms with Crippen molar-refractivity contribution in [3.8, 4) is 12.8 Å². The van der Waals surface area contributed by atoms with Crippen LogP contribution in [0, 0.1) is 29.1 Å². The number of anilines is 1. The number of aldehydes is 1. The molecule has 2 amide bonds. The monoisotopic (exact) mass is 731 g/mol. The molecule has 1 aromatic heterocycles. The molecule has 0 aliphatic heterocycles. The third-order valence-electron chi connectivity index (χ3n) is 8.76. The maximum Gasteiger partial charge on any atom is 0.330 e. The molecule has 286 valence electrons. The Hall–Kier alpha value is -4.06. The number of esters is 1. The highest BCUT2D eigenvalue weighted by atomic mass is 32.1. The number of carbonyl (C=O) groups is 4. The molecule has 2 saturated carbocycles. The Morgan fingerprint density at radius 2 is 1.65 bits per heavy atom. The van der Waals surface area contributed by atoms with Crippen molar-refractivity contribution < 1.29 is 23.9 Å². The largest absolute Gasteiger partial charge is 0.466 e. The summed E-state index contributed by atoms with van der Waals surface area (Å²) >= 11 is 3.53. The van der Waals surface area contributed by atoms with Crippen molar-refractivity contribution in [2.45, 2.75) is 97.7 Å². The zero-order valence-electron chi connectivity index (χ0n) is 31.9. The first-order valence-corrected chi connectivity index (χ1v) is 17.6. The Kier molecular flexibility index (Phi) is 19.6. The standard InChI is InChI=1S/C19H26N6O6.C15H29N.C2H2.CH4S/c1-24(21)15(12-20)18(29)22-13(6-3-4-8-16(27)31-2)17(28)23-14-7-5-9-25(10-11-26)19(14)30;1-12(2)7-14(5)8-13(3,4)10-15(9-12,11-14)16-6;2*1-2/h4-5,7-9,11-13H,3,6,10,20-21H2,1-2H3,(H,22,29)(H,23,28);16H,7-11H2,1-6H3;1-2H;2H,1H3/b8-4+,15-12-;;;. The summed E-state index contributed by atoms with van der Waals surface area (Å²) in [7, 11) is 4.79. The van der Waals surface area contributed by atoms with Crippen LogP contribution in [0.25, 0.3) is 0 Å². The fraction of sp³-hybridized carbons (Fsp3) is 0.595. The Labute approximate surface area is 309 Å². The highest BCUT2D eigenvalue weighted by Gasteiger charge is 2.55. The van der Waals surface area contributed by atoms with Gasteiger partial charge in [0.1, 0.15) is 23.7 Å². The van der Waals surface area contributed by atoms with Gasteiger partial charge in [-0.25, -0.2) is 10.6 Å². The Morgan fingerprint density at radius 3 is 2.12 bits per heavy atom. The minimum Gasteiger partial charge on any atom is -0.466 e. The molecule has 13 nitrogen and oxygen atoms in total. The topological polar surface area (TPSA) is 191 Å². The molecular formula is C37H61N7O6S. The number of hydrogen-bond donors (Lipinski definition) is 6. The Morgan fingerprint density at radius 1 is 1.08 bits per heavy atom. The van der Waals surface area contributed by atoms with Gasteiger partial charge in [0.2, 0.25) is 5.91 Å². The van der Waals surface area contributed by atoms with Gasteiger partial charge in [-0.05, 0) is 86.6 Å².